The van der Waals surface area contributed by atoms with Crippen molar-refractivity contribution in [2.75, 3.05) is 21.3 Å². The third-order valence-corrected chi connectivity index (χ3v) is 4.35. The number of benzene rings is 2. The van der Waals surface area contributed by atoms with Crippen LogP contribution in [0.2, 0.25) is 0 Å². The number of rotatable bonds is 7. The maximum atomic E-state index is 12.5. The fourth-order valence-corrected chi connectivity index (χ4v) is 2.89. The third kappa shape index (κ3) is 4.21. The molecule has 0 fully saturated rings. The standard InChI is InChI=1S/C21H22N4O4/c1-13-18(15-8-6-5-7-9-15)23-24-19(13)21(26)25-22-12-14-10-16(27-2)20(29-4)17(11-14)28-3/h5-12H,1-4H3,(H,23,24)(H,25,26)/b22-12-. The lowest BCUT2D eigenvalue weighted by atomic mass is 10.1. The van der Waals surface area contributed by atoms with Crippen LogP contribution in [0.25, 0.3) is 11.3 Å². The molecule has 3 aromatic rings. The van der Waals surface area contributed by atoms with E-state index in [2.05, 4.69) is 20.7 Å². The molecule has 8 nitrogen and oxygen atoms in total. The van der Waals surface area contributed by atoms with Crippen LogP contribution in [-0.4, -0.2) is 43.6 Å². The van der Waals surface area contributed by atoms with Crippen molar-refractivity contribution in [3.05, 3.63) is 59.3 Å². The number of aromatic amines is 1. The highest BCUT2D eigenvalue weighted by Gasteiger charge is 2.16. The first kappa shape index (κ1) is 19.9. The Morgan fingerprint density at radius 3 is 2.31 bits per heavy atom. The Bertz CT molecular complexity index is 1000. The molecule has 150 valence electrons. The maximum absolute atomic E-state index is 12.5. The summed E-state index contributed by atoms with van der Waals surface area (Å²) < 4.78 is 15.9. The minimum absolute atomic E-state index is 0.353. The van der Waals surface area contributed by atoms with E-state index in [1.165, 1.54) is 27.5 Å². The first-order valence-corrected chi connectivity index (χ1v) is 8.82. The predicted molar refractivity (Wildman–Crippen MR) is 110 cm³/mol. The molecule has 1 heterocycles. The van der Waals surface area contributed by atoms with E-state index in [9.17, 15) is 4.79 Å². The Balaban J connectivity index is 1.76. The molecule has 29 heavy (non-hydrogen) atoms. The van der Waals surface area contributed by atoms with Crippen LogP contribution in [0.3, 0.4) is 0 Å². The van der Waals surface area contributed by atoms with E-state index in [0.717, 1.165) is 16.8 Å². The van der Waals surface area contributed by atoms with Gasteiger partial charge in [0.15, 0.2) is 11.5 Å². The van der Waals surface area contributed by atoms with Gasteiger partial charge in [0.1, 0.15) is 5.69 Å². The Morgan fingerprint density at radius 2 is 1.72 bits per heavy atom. The van der Waals surface area contributed by atoms with E-state index in [1.807, 2.05) is 37.3 Å². The van der Waals surface area contributed by atoms with Gasteiger partial charge in [0.05, 0.1) is 33.2 Å². The van der Waals surface area contributed by atoms with Gasteiger partial charge in [-0.1, -0.05) is 30.3 Å². The van der Waals surface area contributed by atoms with E-state index in [-0.39, 0.29) is 5.91 Å². The van der Waals surface area contributed by atoms with Gasteiger partial charge in [0.2, 0.25) is 5.75 Å². The van der Waals surface area contributed by atoms with Crippen molar-refractivity contribution in [3.8, 4) is 28.5 Å². The van der Waals surface area contributed by atoms with Crippen LogP contribution in [0.15, 0.2) is 47.6 Å². The van der Waals surface area contributed by atoms with Crippen LogP contribution in [0, 0.1) is 6.92 Å². The number of hydrogen-bond acceptors (Lipinski definition) is 6. The first-order valence-electron chi connectivity index (χ1n) is 8.82. The van der Waals surface area contributed by atoms with Crippen molar-refractivity contribution in [2.24, 2.45) is 5.10 Å². The van der Waals surface area contributed by atoms with E-state index in [0.29, 0.717) is 28.5 Å². The van der Waals surface area contributed by atoms with Gasteiger partial charge in [-0.15, -0.1) is 0 Å². The van der Waals surface area contributed by atoms with Gasteiger partial charge in [-0.05, 0) is 19.1 Å². The van der Waals surface area contributed by atoms with Crippen LogP contribution in [0.1, 0.15) is 21.6 Å². The Morgan fingerprint density at radius 1 is 1.07 bits per heavy atom. The molecule has 0 saturated heterocycles. The second-order valence-electron chi connectivity index (χ2n) is 6.10. The molecule has 0 unspecified atom stereocenters. The largest absolute Gasteiger partial charge is 0.493 e. The van der Waals surface area contributed by atoms with Crippen molar-refractivity contribution < 1.29 is 19.0 Å². The summed E-state index contributed by atoms with van der Waals surface area (Å²) in [5, 5.41) is 11.1. The van der Waals surface area contributed by atoms with Gasteiger partial charge < -0.3 is 14.2 Å². The normalized spacial score (nSPS) is 10.8. The second kappa shape index (κ2) is 8.92. The Kier molecular flexibility index (Phi) is 6.13. The van der Waals surface area contributed by atoms with E-state index in [1.54, 1.807) is 12.1 Å². The average Bonchev–Trinajstić information content (AvgIpc) is 3.14. The van der Waals surface area contributed by atoms with Crippen molar-refractivity contribution in [1.82, 2.24) is 15.6 Å². The number of H-pyrrole nitrogens is 1. The van der Waals surface area contributed by atoms with Crippen molar-refractivity contribution in [3.63, 3.8) is 0 Å². The van der Waals surface area contributed by atoms with Crippen LogP contribution in [0.5, 0.6) is 17.2 Å². The van der Waals surface area contributed by atoms with Gasteiger partial charge >= 0.3 is 0 Å². The Labute approximate surface area is 168 Å². The zero-order chi connectivity index (χ0) is 20.8. The molecule has 3 rings (SSSR count). The molecule has 8 heteroatoms. The van der Waals surface area contributed by atoms with Crippen LogP contribution >= 0.6 is 0 Å². The summed E-state index contributed by atoms with van der Waals surface area (Å²) in [5.41, 5.74) is 5.93. The smallest absolute Gasteiger partial charge is 0.289 e. The number of methoxy groups -OCH3 is 3. The molecule has 0 aliphatic heterocycles. The van der Waals surface area contributed by atoms with E-state index in [4.69, 9.17) is 14.2 Å². The van der Waals surface area contributed by atoms with Gasteiger partial charge in [0.25, 0.3) is 5.91 Å². The molecule has 0 aliphatic carbocycles. The summed E-state index contributed by atoms with van der Waals surface area (Å²) >= 11 is 0. The highest BCUT2D eigenvalue weighted by atomic mass is 16.5. The zero-order valence-electron chi connectivity index (χ0n) is 16.6. The summed E-state index contributed by atoms with van der Waals surface area (Å²) in [6, 6.07) is 13.1. The number of carbonyl (C=O) groups is 1. The fraction of sp³-hybridized carbons (Fsp3) is 0.190. The summed E-state index contributed by atoms with van der Waals surface area (Å²) in [5.74, 6) is 1.09. The highest BCUT2D eigenvalue weighted by molar-refractivity contribution is 5.96. The summed E-state index contributed by atoms with van der Waals surface area (Å²) in [7, 11) is 4.60. The van der Waals surface area contributed by atoms with Crippen molar-refractivity contribution in [1.29, 1.82) is 0 Å². The number of hydrazone groups is 1. The highest BCUT2D eigenvalue weighted by Crippen LogP contribution is 2.37. The van der Waals surface area contributed by atoms with E-state index < -0.39 is 0 Å². The number of aromatic nitrogens is 2. The van der Waals surface area contributed by atoms with Gasteiger partial charge in [-0.25, -0.2) is 5.43 Å². The first-order chi connectivity index (χ1) is 14.1. The molecule has 1 amide bonds. The maximum Gasteiger partial charge on any atom is 0.289 e. The fourth-order valence-electron chi connectivity index (χ4n) is 2.89. The molecule has 0 aliphatic rings. The molecule has 2 N–H and O–H groups in total. The summed E-state index contributed by atoms with van der Waals surface area (Å²) in [4.78, 5) is 12.5. The van der Waals surface area contributed by atoms with Gasteiger partial charge in [-0.2, -0.15) is 10.2 Å². The molecule has 0 spiro atoms. The molecule has 1 aromatic heterocycles. The average molecular weight is 394 g/mol. The molecular weight excluding hydrogens is 372 g/mol. The third-order valence-electron chi connectivity index (χ3n) is 4.35. The van der Waals surface area contributed by atoms with Gasteiger partial charge in [0, 0.05) is 16.7 Å². The number of ether oxygens (including phenoxy) is 3. The van der Waals surface area contributed by atoms with Crippen molar-refractivity contribution in [2.45, 2.75) is 6.92 Å². The van der Waals surface area contributed by atoms with Gasteiger partial charge in [-0.3, -0.25) is 9.89 Å². The number of nitrogens with one attached hydrogen (secondary N) is 2. The number of amides is 1. The topological polar surface area (TPSA) is 97.8 Å². The Hall–Kier alpha value is -3.81. The minimum Gasteiger partial charge on any atom is -0.493 e. The predicted octanol–water partition coefficient (Wildman–Crippen LogP) is 3.17. The number of carbonyl (C=O) groups excluding carboxylic acids is 1. The molecule has 0 radical (unpaired) electrons. The summed E-state index contributed by atoms with van der Waals surface area (Å²) in [6.07, 6.45) is 1.49. The number of nitrogens with zero attached hydrogens (tertiary/aromatic N) is 2. The molecule has 2 aromatic carbocycles. The lowest BCUT2D eigenvalue weighted by Gasteiger charge is -2.12. The monoisotopic (exact) mass is 394 g/mol. The van der Waals surface area contributed by atoms with Crippen LogP contribution < -0.4 is 19.6 Å². The quantitative estimate of drug-likeness (QED) is 0.474. The lowest BCUT2D eigenvalue weighted by molar-refractivity contribution is 0.0949. The molecule has 0 atom stereocenters. The summed E-state index contributed by atoms with van der Waals surface area (Å²) in [6.45, 7) is 1.84. The van der Waals surface area contributed by atoms with Crippen LogP contribution in [-0.2, 0) is 0 Å². The molecule has 0 saturated carbocycles. The number of hydrogen-bond donors (Lipinski definition) is 2. The zero-order valence-corrected chi connectivity index (χ0v) is 16.6. The minimum atomic E-state index is -0.388. The van der Waals surface area contributed by atoms with Crippen molar-refractivity contribution >= 4 is 12.1 Å². The molecule has 0 bridgehead atoms. The second-order valence-corrected chi connectivity index (χ2v) is 6.10. The lowest BCUT2D eigenvalue weighted by Crippen LogP contribution is -2.19. The molecular formula is C21H22N4O4. The SMILES string of the molecule is COc1cc(/C=N\NC(=O)c2[nH]nc(-c3ccccc3)c2C)cc(OC)c1OC. The van der Waals surface area contributed by atoms with Crippen LogP contribution in [0.4, 0.5) is 0 Å². The van der Waals surface area contributed by atoms with E-state index >= 15 is 0 Å².